The van der Waals surface area contributed by atoms with Crippen molar-refractivity contribution in [1.82, 2.24) is 4.90 Å². The van der Waals surface area contributed by atoms with Crippen LogP contribution in [-0.2, 0) is 4.79 Å². The van der Waals surface area contributed by atoms with E-state index >= 15 is 0 Å². The lowest BCUT2D eigenvalue weighted by atomic mass is 10.2. The Morgan fingerprint density at radius 3 is 3.08 bits per heavy atom. The SMILES string of the molecule is C[NH+]1CC(=O)N2CCCC2C1.[I-]. The Labute approximate surface area is 90.1 Å². The molecule has 12 heavy (non-hydrogen) atoms. The largest absolute Gasteiger partial charge is 1.00 e. The van der Waals surface area contributed by atoms with Gasteiger partial charge in [-0.15, -0.1) is 0 Å². The number of carbonyl (C=O) groups excluding carboxylic acids is 1. The maximum Gasteiger partial charge on any atom is 0.278 e. The molecule has 2 saturated heterocycles. The van der Waals surface area contributed by atoms with Gasteiger partial charge in [0.2, 0.25) is 0 Å². The smallest absolute Gasteiger partial charge is 0.278 e. The molecule has 2 rings (SSSR count). The Morgan fingerprint density at radius 1 is 1.58 bits per heavy atom. The Balaban J connectivity index is 0.000000720. The van der Waals surface area contributed by atoms with Gasteiger partial charge in [-0.3, -0.25) is 4.79 Å². The molecule has 0 aliphatic carbocycles. The Kier molecular flexibility index (Phi) is 3.34. The predicted molar refractivity (Wildman–Crippen MR) is 41.4 cm³/mol. The van der Waals surface area contributed by atoms with Crippen LogP contribution in [0.15, 0.2) is 0 Å². The number of nitrogens with zero attached hydrogens (tertiary/aromatic N) is 1. The van der Waals surface area contributed by atoms with E-state index in [-0.39, 0.29) is 24.0 Å². The second kappa shape index (κ2) is 3.91. The fraction of sp³-hybridized carbons (Fsp3) is 0.875. The summed E-state index contributed by atoms with van der Waals surface area (Å²) in [4.78, 5) is 14.8. The molecule has 1 amide bonds. The average molecular weight is 282 g/mol. The lowest BCUT2D eigenvalue weighted by Crippen LogP contribution is -3.13. The monoisotopic (exact) mass is 282 g/mol. The van der Waals surface area contributed by atoms with Gasteiger partial charge in [0, 0.05) is 6.54 Å². The van der Waals surface area contributed by atoms with Gasteiger partial charge in [0.15, 0.2) is 6.54 Å². The van der Waals surface area contributed by atoms with E-state index in [1.54, 1.807) is 0 Å². The normalized spacial score (nSPS) is 34.4. The van der Waals surface area contributed by atoms with Crippen LogP contribution < -0.4 is 28.9 Å². The second-order valence-corrected chi connectivity index (χ2v) is 3.72. The van der Waals surface area contributed by atoms with E-state index in [1.807, 2.05) is 0 Å². The highest BCUT2D eigenvalue weighted by Gasteiger charge is 2.36. The van der Waals surface area contributed by atoms with Crippen molar-refractivity contribution in [3.8, 4) is 0 Å². The Bertz CT molecular complexity index is 186. The van der Waals surface area contributed by atoms with Gasteiger partial charge in [-0.25, -0.2) is 0 Å². The Hall–Kier alpha value is 0.160. The van der Waals surface area contributed by atoms with E-state index in [9.17, 15) is 4.79 Å². The lowest BCUT2D eigenvalue weighted by Gasteiger charge is -2.32. The first kappa shape index (κ1) is 10.2. The summed E-state index contributed by atoms with van der Waals surface area (Å²) >= 11 is 0. The maximum atomic E-state index is 11.4. The molecule has 0 bridgehead atoms. The van der Waals surface area contributed by atoms with Crippen molar-refractivity contribution >= 4 is 5.91 Å². The highest BCUT2D eigenvalue weighted by Crippen LogP contribution is 2.16. The fourth-order valence-corrected chi connectivity index (χ4v) is 2.21. The van der Waals surface area contributed by atoms with Crippen LogP contribution in [0.1, 0.15) is 12.8 Å². The summed E-state index contributed by atoms with van der Waals surface area (Å²) in [5, 5.41) is 0. The number of likely N-dealkylation sites (N-methyl/N-ethyl adjacent to an activating group) is 1. The summed E-state index contributed by atoms with van der Waals surface area (Å²) in [6.45, 7) is 2.87. The summed E-state index contributed by atoms with van der Waals surface area (Å²) in [6, 6.07) is 0.566. The number of fused-ring (bicyclic) bond motifs is 1. The third kappa shape index (κ3) is 1.74. The van der Waals surface area contributed by atoms with Gasteiger partial charge in [-0.1, -0.05) is 0 Å². The first-order chi connectivity index (χ1) is 5.27. The standard InChI is InChI=1S/C8H14N2O.HI/c1-9-5-7-3-2-4-10(7)8(11)6-9;/h7H,2-6H2,1H3;1H. The van der Waals surface area contributed by atoms with Crippen LogP contribution in [0.4, 0.5) is 0 Å². The van der Waals surface area contributed by atoms with Crippen LogP contribution in [-0.4, -0.2) is 43.5 Å². The van der Waals surface area contributed by atoms with E-state index in [1.165, 1.54) is 17.7 Å². The lowest BCUT2D eigenvalue weighted by molar-refractivity contribution is -0.877. The van der Waals surface area contributed by atoms with E-state index in [4.69, 9.17) is 0 Å². The van der Waals surface area contributed by atoms with Gasteiger partial charge in [0.25, 0.3) is 5.91 Å². The van der Waals surface area contributed by atoms with Crippen molar-refractivity contribution in [2.45, 2.75) is 18.9 Å². The number of nitrogens with one attached hydrogen (secondary N) is 1. The van der Waals surface area contributed by atoms with Crippen molar-refractivity contribution in [3.05, 3.63) is 0 Å². The number of piperazine rings is 1. The molecule has 4 heteroatoms. The molecular formula is C8H15IN2O. The van der Waals surface area contributed by atoms with E-state index in [0.29, 0.717) is 18.5 Å². The molecule has 0 aromatic carbocycles. The summed E-state index contributed by atoms with van der Waals surface area (Å²) in [5.74, 6) is 0.358. The molecule has 2 aliphatic rings. The second-order valence-electron chi connectivity index (χ2n) is 3.72. The van der Waals surface area contributed by atoms with E-state index in [0.717, 1.165) is 13.1 Å². The molecule has 2 atom stereocenters. The third-order valence-electron chi connectivity index (χ3n) is 2.73. The highest BCUT2D eigenvalue weighted by molar-refractivity contribution is 5.78. The van der Waals surface area contributed by atoms with Gasteiger partial charge in [0.1, 0.15) is 0 Å². The molecule has 2 unspecified atom stereocenters. The Morgan fingerprint density at radius 2 is 2.33 bits per heavy atom. The van der Waals surface area contributed by atoms with Crippen molar-refractivity contribution in [2.75, 3.05) is 26.7 Å². The first-order valence-electron chi connectivity index (χ1n) is 4.38. The maximum absolute atomic E-state index is 11.4. The number of hydrogen-bond acceptors (Lipinski definition) is 1. The number of amides is 1. The van der Waals surface area contributed by atoms with Crippen LogP contribution in [0.5, 0.6) is 0 Å². The van der Waals surface area contributed by atoms with Gasteiger partial charge < -0.3 is 33.8 Å². The highest BCUT2D eigenvalue weighted by atomic mass is 127. The topological polar surface area (TPSA) is 24.8 Å². The summed E-state index contributed by atoms with van der Waals surface area (Å²) in [6.07, 6.45) is 2.44. The zero-order valence-corrected chi connectivity index (χ0v) is 9.50. The fourth-order valence-electron chi connectivity index (χ4n) is 2.21. The molecule has 2 heterocycles. The van der Waals surface area contributed by atoms with Crippen molar-refractivity contribution in [3.63, 3.8) is 0 Å². The van der Waals surface area contributed by atoms with E-state index in [2.05, 4.69) is 11.9 Å². The number of halogens is 1. The number of rotatable bonds is 0. The number of quaternary nitrogens is 1. The number of hydrogen-bond donors (Lipinski definition) is 1. The molecule has 70 valence electrons. The molecule has 0 spiro atoms. The summed E-state index contributed by atoms with van der Waals surface area (Å²) in [5.41, 5.74) is 0. The van der Waals surface area contributed by atoms with Crippen LogP contribution in [0.3, 0.4) is 0 Å². The minimum Gasteiger partial charge on any atom is -1.00 e. The molecule has 2 fully saturated rings. The van der Waals surface area contributed by atoms with Gasteiger partial charge in [0.05, 0.1) is 19.6 Å². The molecule has 0 radical (unpaired) electrons. The van der Waals surface area contributed by atoms with Gasteiger partial charge in [-0.2, -0.15) is 0 Å². The zero-order chi connectivity index (χ0) is 7.84. The van der Waals surface area contributed by atoms with Crippen LogP contribution in [0, 0.1) is 0 Å². The molecule has 0 aromatic rings. The minimum atomic E-state index is 0. The minimum absolute atomic E-state index is 0. The van der Waals surface area contributed by atoms with Crippen LogP contribution >= 0.6 is 0 Å². The number of carbonyl (C=O) groups is 1. The zero-order valence-electron chi connectivity index (χ0n) is 7.35. The molecule has 0 aromatic heterocycles. The molecule has 0 saturated carbocycles. The van der Waals surface area contributed by atoms with Crippen LogP contribution in [0.25, 0.3) is 0 Å². The third-order valence-corrected chi connectivity index (χ3v) is 2.73. The van der Waals surface area contributed by atoms with Gasteiger partial charge >= 0.3 is 0 Å². The quantitative estimate of drug-likeness (QED) is 0.445. The first-order valence-corrected chi connectivity index (χ1v) is 4.38. The van der Waals surface area contributed by atoms with Crippen molar-refractivity contribution in [2.24, 2.45) is 0 Å². The van der Waals surface area contributed by atoms with Crippen molar-refractivity contribution in [1.29, 1.82) is 0 Å². The predicted octanol–water partition coefficient (Wildman–Crippen LogP) is -4.49. The van der Waals surface area contributed by atoms with Crippen LogP contribution in [0.2, 0.25) is 0 Å². The summed E-state index contributed by atoms with van der Waals surface area (Å²) < 4.78 is 0. The summed E-state index contributed by atoms with van der Waals surface area (Å²) in [7, 11) is 2.10. The molecule has 2 aliphatic heterocycles. The van der Waals surface area contributed by atoms with E-state index < -0.39 is 0 Å². The van der Waals surface area contributed by atoms with Crippen molar-refractivity contribution < 1.29 is 33.7 Å². The molecular weight excluding hydrogens is 267 g/mol. The van der Waals surface area contributed by atoms with Gasteiger partial charge in [-0.05, 0) is 12.8 Å². The average Bonchev–Trinajstić information content (AvgIpc) is 2.34. The molecule has 3 nitrogen and oxygen atoms in total. The molecule has 1 N–H and O–H groups in total.